The third-order valence-corrected chi connectivity index (χ3v) is 7.25. The van der Waals surface area contributed by atoms with Crippen molar-refractivity contribution in [2.45, 2.75) is 168 Å². The van der Waals surface area contributed by atoms with E-state index >= 15 is 0 Å². The van der Waals surface area contributed by atoms with Gasteiger partial charge in [0.1, 0.15) is 0 Å². The first kappa shape index (κ1) is 34.8. The van der Waals surface area contributed by atoms with Crippen molar-refractivity contribution < 1.29 is 25.2 Å². The van der Waals surface area contributed by atoms with Crippen LogP contribution in [0, 0.1) is 11.8 Å². The van der Waals surface area contributed by atoms with Gasteiger partial charge in [-0.25, -0.2) is 0 Å². The smallest absolute Gasteiger partial charge is 0.0773 e. The topological polar surface area (TPSA) is 90.2 Å². The Balaban J connectivity index is 5.00. The van der Waals surface area contributed by atoms with Gasteiger partial charge in [0, 0.05) is 0 Å². The average Bonchev–Trinajstić information content (AvgIpc) is 2.82. The molecule has 6 atom stereocenters. The number of aliphatic hydroxyl groups excluding tert-OH is 4. The molecule has 0 saturated carbocycles. The molecule has 0 aliphatic rings. The van der Waals surface area contributed by atoms with Crippen LogP contribution in [-0.4, -0.2) is 58.1 Å². The van der Waals surface area contributed by atoms with Crippen molar-refractivity contribution in [3.8, 4) is 0 Å². The van der Waals surface area contributed by atoms with Crippen LogP contribution in [0.15, 0.2) is 0 Å². The normalized spacial score (nSPS) is 17.1. The second kappa shape index (κ2) is 24.2. The van der Waals surface area contributed by atoms with Gasteiger partial charge in [0.05, 0.1) is 37.6 Å². The van der Waals surface area contributed by atoms with E-state index in [1.54, 1.807) is 0 Å². The molecule has 5 heteroatoms. The summed E-state index contributed by atoms with van der Waals surface area (Å²) in [5, 5.41) is 38.3. The first-order valence-corrected chi connectivity index (χ1v) is 15.1. The van der Waals surface area contributed by atoms with E-state index in [9.17, 15) is 20.4 Å². The maximum Gasteiger partial charge on any atom is 0.0773 e. The molecular weight excluding hydrogens is 440 g/mol. The van der Waals surface area contributed by atoms with Gasteiger partial charge in [0.25, 0.3) is 0 Å². The summed E-state index contributed by atoms with van der Waals surface area (Å²) in [6.45, 7) is 8.43. The molecule has 35 heavy (non-hydrogen) atoms. The molecule has 0 aromatic carbocycles. The Bertz CT molecular complexity index is 395. The molecule has 0 heterocycles. The highest BCUT2D eigenvalue weighted by atomic mass is 16.5. The van der Waals surface area contributed by atoms with Gasteiger partial charge in [0.15, 0.2) is 0 Å². The molecule has 0 saturated heterocycles. The molecule has 0 fully saturated rings. The van der Waals surface area contributed by atoms with Gasteiger partial charge in [-0.15, -0.1) is 0 Å². The lowest BCUT2D eigenvalue weighted by molar-refractivity contribution is -0.0486. The first-order valence-electron chi connectivity index (χ1n) is 15.1. The quantitative estimate of drug-likeness (QED) is 0.0979. The van der Waals surface area contributed by atoms with E-state index in [0.717, 1.165) is 25.7 Å². The zero-order chi connectivity index (χ0) is 26.3. The maximum atomic E-state index is 9.92. The minimum absolute atomic E-state index is 0.169. The largest absolute Gasteiger partial charge is 0.394 e. The third kappa shape index (κ3) is 21.6. The number of aliphatic hydroxyl groups is 4. The van der Waals surface area contributed by atoms with Crippen molar-refractivity contribution in [1.82, 2.24) is 0 Å². The lowest BCUT2D eigenvalue weighted by Crippen LogP contribution is -2.28. The van der Waals surface area contributed by atoms with Gasteiger partial charge in [-0.3, -0.25) is 0 Å². The van der Waals surface area contributed by atoms with Gasteiger partial charge in [-0.1, -0.05) is 105 Å². The predicted octanol–water partition coefficient (Wildman–Crippen LogP) is 6.78. The standard InChI is InChI=1S/C30H62O5/c1-5-7-9-11-13-15-17-29(21-25(3)19-27(33)23-31)35-30(18-16-14-12-10-8-6-2)22-26(4)20-28(34)24-32/h25-34H,5-24H2,1-4H3. The van der Waals surface area contributed by atoms with E-state index in [-0.39, 0.29) is 25.4 Å². The van der Waals surface area contributed by atoms with Crippen molar-refractivity contribution in [3.63, 3.8) is 0 Å². The summed E-state index contributed by atoms with van der Waals surface area (Å²) in [7, 11) is 0. The average molecular weight is 503 g/mol. The van der Waals surface area contributed by atoms with Crippen LogP contribution in [0.1, 0.15) is 143 Å². The van der Waals surface area contributed by atoms with Crippen LogP contribution in [0.25, 0.3) is 0 Å². The Morgan fingerprint density at radius 2 is 0.857 bits per heavy atom. The van der Waals surface area contributed by atoms with Gasteiger partial charge in [0.2, 0.25) is 0 Å². The maximum absolute atomic E-state index is 9.92. The van der Waals surface area contributed by atoms with Gasteiger partial charge in [-0.05, 0) is 50.4 Å². The summed E-state index contributed by atoms with van der Waals surface area (Å²) in [6.07, 6.45) is 19.3. The van der Waals surface area contributed by atoms with E-state index in [2.05, 4.69) is 27.7 Å². The van der Waals surface area contributed by atoms with Gasteiger partial charge in [-0.2, -0.15) is 0 Å². The van der Waals surface area contributed by atoms with Gasteiger partial charge < -0.3 is 25.2 Å². The molecule has 0 aromatic rings. The summed E-state index contributed by atoms with van der Waals surface area (Å²) >= 11 is 0. The van der Waals surface area contributed by atoms with Crippen molar-refractivity contribution in [3.05, 3.63) is 0 Å². The number of ether oxygens (including phenoxy) is 1. The fraction of sp³-hybridized carbons (Fsp3) is 1.00. The van der Waals surface area contributed by atoms with Crippen molar-refractivity contribution in [2.75, 3.05) is 13.2 Å². The van der Waals surface area contributed by atoms with Crippen LogP contribution in [0.2, 0.25) is 0 Å². The van der Waals surface area contributed by atoms with Crippen LogP contribution < -0.4 is 0 Å². The van der Waals surface area contributed by atoms with Gasteiger partial charge >= 0.3 is 0 Å². The van der Waals surface area contributed by atoms with E-state index < -0.39 is 12.2 Å². The summed E-state index contributed by atoms with van der Waals surface area (Å²) in [4.78, 5) is 0. The molecule has 212 valence electrons. The molecule has 0 rings (SSSR count). The fourth-order valence-corrected chi connectivity index (χ4v) is 5.23. The Kier molecular flexibility index (Phi) is 24.0. The lowest BCUT2D eigenvalue weighted by Gasteiger charge is -2.30. The Hall–Kier alpha value is -0.200. The molecule has 0 aliphatic carbocycles. The number of rotatable bonds is 26. The summed E-state index contributed by atoms with van der Waals surface area (Å²) < 4.78 is 6.79. The lowest BCUT2D eigenvalue weighted by atomic mass is 9.92. The fourth-order valence-electron chi connectivity index (χ4n) is 5.23. The summed E-state index contributed by atoms with van der Waals surface area (Å²) in [5.74, 6) is 0.594. The van der Waals surface area contributed by atoms with E-state index in [4.69, 9.17) is 4.74 Å². The predicted molar refractivity (Wildman–Crippen MR) is 148 cm³/mol. The first-order chi connectivity index (χ1) is 16.9. The monoisotopic (exact) mass is 502 g/mol. The molecular formula is C30H62O5. The molecule has 0 aliphatic heterocycles. The van der Waals surface area contributed by atoms with Crippen LogP contribution in [-0.2, 0) is 4.74 Å². The minimum atomic E-state index is -0.654. The SMILES string of the molecule is CCCCCCCCC(CC(C)CC(O)CO)OC(CCCCCCCC)CC(C)CC(O)CO. The van der Waals surface area contributed by atoms with Crippen molar-refractivity contribution >= 4 is 0 Å². The third-order valence-electron chi connectivity index (χ3n) is 7.25. The second-order valence-corrected chi connectivity index (χ2v) is 11.3. The summed E-state index contributed by atoms with van der Waals surface area (Å²) in [5.41, 5.74) is 0. The molecule has 0 amide bonds. The van der Waals surface area contributed by atoms with Crippen LogP contribution in [0.3, 0.4) is 0 Å². The van der Waals surface area contributed by atoms with E-state index in [1.807, 2.05) is 0 Å². The highest BCUT2D eigenvalue weighted by Crippen LogP contribution is 2.26. The Morgan fingerprint density at radius 3 is 1.20 bits per heavy atom. The highest BCUT2D eigenvalue weighted by Gasteiger charge is 2.23. The minimum Gasteiger partial charge on any atom is -0.394 e. The zero-order valence-corrected chi connectivity index (χ0v) is 23.8. The molecule has 6 unspecified atom stereocenters. The molecule has 4 N–H and O–H groups in total. The van der Waals surface area contributed by atoms with E-state index in [0.29, 0.717) is 24.7 Å². The van der Waals surface area contributed by atoms with Crippen molar-refractivity contribution in [2.24, 2.45) is 11.8 Å². The Morgan fingerprint density at radius 1 is 0.514 bits per heavy atom. The van der Waals surface area contributed by atoms with E-state index in [1.165, 1.54) is 77.0 Å². The Labute approximate surface area is 218 Å². The number of hydrogen-bond donors (Lipinski definition) is 4. The summed E-state index contributed by atoms with van der Waals surface area (Å²) in [6, 6.07) is 0. The number of unbranched alkanes of at least 4 members (excludes halogenated alkanes) is 10. The van der Waals surface area contributed by atoms with Crippen LogP contribution >= 0.6 is 0 Å². The second-order valence-electron chi connectivity index (χ2n) is 11.3. The highest BCUT2D eigenvalue weighted by molar-refractivity contribution is 4.73. The molecule has 0 radical (unpaired) electrons. The molecule has 0 bridgehead atoms. The van der Waals surface area contributed by atoms with Crippen LogP contribution in [0.4, 0.5) is 0 Å². The van der Waals surface area contributed by atoms with Crippen LogP contribution in [0.5, 0.6) is 0 Å². The molecule has 0 spiro atoms. The zero-order valence-electron chi connectivity index (χ0n) is 23.8. The van der Waals surface area contributed by atoms with Crippen molar-refractivity contribution in [1.29, 1.82) is 0 Å². The number of hydrogen-bond acceptors (Lipinski definition) is 5. The molecule has 5 nitrogen and oxygen atoms in total. The molecule has 0 aromatic heterocycles.